The van der Waals surface area contributed by atoms with Gasteiger partial charge in [-0.25, -0.2) is 4.68 Å². The fraction of sp³-hybridized carbons (Fsp3) is 0.304. The van der Waals surface area contributed by atoms with Crippen LogP contribution in [-0.4, -0.2) is 37.0 Å². The van der Waals surface area contributed by atoms with Crippen molar-refractivity contribution in [1.29, 1.82) is 0 Å². The molecule has 2 amide bonds. The summed E-state index contributed by atoms with van der Waals surface area (Å²) in [6.07, 6.45) is 2.82. The number of amides is 2. The Balaban J connectivity index is 1.57. The smallest absolute Gasteiger partial charge is 0.242 e. The summed E-state index contributed by atoms with van der Waals surface area (Å²) in [5, 5.41) is 8.03. The van der Waals surface area contributed by atoms with E-state index in [1.54, 1.807) is 0 Å². The van der Waals surface area contributed by atoms with Crippen molar-refractivity contribution in [3.63, 3.8) is 0 Å². The van der Waals surface area contributed by atoms with Crippen molar-refractivity contribution in [3.8, 4) is 0 Å². The van der Waals surface area contributed by atoms with Gasteiger partial charge < -0.3 is 0 Å². The number of carbonyl (C=O) groups excluding carboxylic acids is 2. The third kappa shape index (κ3) is 4.31. The molecule has 0 aliphatic carbocycles. The molecule has 0 bridgehead atoms. The van der Waals surface area contributed by atoms with Crippen LogP contribution in [0.5, 0.6) is 0 Å². The fourth-order valence-corrected chi connectivity index (χ4v) is 4.15. The first kappa shape index (κ1) is 20.3. The normalized spacial score (nSPS) is 18.6. The van der Waals surface area contributed by atoms with E-state index in [1.807, 2.05) is 35.1 Å². The van der Waals surface area contributed by atoms with Crippen LogP contribution in [0.25, 0.3) is 0 Å². The molecule has 154 valence electrons. The molecule has 2 aromatic carbocycles. The highest BCUT2D eigenvalue weighted by Gasteiger charge is 2.36. The second-order valence-corrected chi connectivity index (χ2v) is 8.33. The minimum absolute atomic E-state index is 0.00901. The van der Waals surface area contributed by atoms with Crippen LogP contribution in [0.2, 0.25) is 0 Å². The van der Waals surface area contributed by atoms with Gasteiger partial charge in [0.05, 0.1) is 24.0 Å². The molecule has 1 fully saturated rings. The lowest BCUT2D eigenvalue weighted by molar-refractivity contribution is -0.138. The largest absolute Gasteiger partial charge is 0.275 e. The zero-order valence-corrected chi connectivity index (χ0v) is 17.7. The van der Waals surface area contributed by atoms with E-state index in [2.05, 4.69) is 66.3 Å². The van der Waals surface area contributed by atoms with E-state index in [0.29, 0.717) is 11.6 Å². The van der Waals surface area contributed by atoms with Gasteiger partial charge in [-0.2, -0.15) is 12.6 Å². The van der Waals surface area contributed by atoms with Gasteiger partial charge in [0.1, 0.15) is 5.69 Å². The van der Waals surface area contributed by atoms with Crippen molar-refractivity contribution >= 4 is 24.4 Å². The number of hydrogen-bond acceptors (Lipinski definition) is 5. The number of thiol groups is 1. The molecule has 4 rings (SSSR count). The van der Waals surface area contributed by atoms with E-state index < -0.39 is 5.25 Å². The van der Waals surface area contributed by atoms with E-state index in [-0.39, 0.29) is 30.8 Å². The molecule has 2 heterocycles. The predicted molar refractivity (Wildman–Crippen MR) is 117 cm³/mol. The van der Waals surface area contributed by atoms with Gasteiger partial charge in [0, 0.05) is 6.42 Å². The van der Waals surface area contributed by atoms with Crippen molar-refractivity contribution in [2.45, 2.75) is 43.5 Å². The number of rotatable bonds is 7. The first-order valence-corrected chi connectivity index (χ1v) is 10.6. The second kappa shape index (κ2) is 8.83. The standard InChI is InChI=1S/C23H24N4O2S/c1-16(17-8-4-2-5-9-17)12-20(18-10-6-3-7-11-18)27-15-19(24-25-27)14-26-22(28)13-21(30)23(26)29/h2-11,15-16,20-21,30H,12-14H2,1H3. The monoisotopic (exact) mass is 420 g/mol. The predicted octanol–water partition coefficient (Wildman–Crippen LogP) is 3.62. The van der Waals surface area contributed by atoms with Crippen LogP contribution in [0.15, 0.2) is 66.9 Å². The molecular formula is C23H24N4O2S. The minimum Gasteiger partial charge on any atom is -0.275 e. The molecule has 7 heteroatoms. The average Bonchev–Trinajstić information content (AvgIpc) is 3.33. The number of likely N-dealkylation sites (tertiary alicyclic amines) is 1. The molecule has 0 N–H and O–H groups in total. The highest BCUT2D eigenvalue weighted by atomic mass is 32.1. The van der Waals surface area contributed by atoms with Gasteiger partial charge in [0.25, 0.3) is 0 Å². The summed E-state index contributed by atoms with van der Waals surface area (Å²) in [7, 11) is 0. The van der Waals surface area contributed by atoms with Gasteiger partial charge in [-0.1, -0.05) is 72.8 Å². The summed E-state index contributed by atoms with van der Waals surface area (Å²) in [5.74, 6) is -0.169. The molecule has 0 spiro atoms. The van der Waals surface area contributed by atoms with E-state index in [9.17, 15) is 9.59 Å². The van der Waals surface area contributed by atoms with E-state index in [0.717, 1.165) is 12.0 Å². The van der Waals surface area contributed by atoms with Gasteiger partial charge in [0.15, 0.2) is 0 Å². The van der Waals surface area contributed by atoms with Crippen LogP contribution in [-0.2, 0) is 16.1 Å². The highest BCUT2D eigenvalue weighted by Crippen LogP contribution is 2.31. The number of aromatic nitrogens is 3. The Morgan fingerprint density at radius 3 is 2.27 bits per heavy atom. The average molecular weight is 421 g/mol. The number of benzene rings is 2. The van der Waals surface area contributed by atoms with Crippen molar-refractivity contribution in [2.24, 2.45) is 0 Å². The van der Waals surface area contributed by atoms with Gasteiger partial charge in [-0.15, -0.1) is 5.10 Å². The minimum atomic E-state index is -0.559. The number of nitrogens with zero attached hydrogens (tertiary/aromatic N) is 4. The molecule has 0 radical (unpaired) electrons. The van der Waals surface area contributed by atoms with E-state index in [1.165, 1.54) is 10.5 Å². The maximum atomic E-state index is 12.2. The van der Waals surface area contributed by atoms with Crippen molar-refractivity contribution in [1.82, 2.24) is 19.9 Å². The molecule has 30 heavy (non-hydrogen) atoms. The highest BCUT2D eigenvalue weighted by molar-refractivity contribution is 7.81. The second-order valence-electron chi connectivity index (χ2n) is 7.70. The topological polar surface area (TPSA) is 68.1 Å². The lowest BCUT2D eigenvalue weighted by atomic mass is 9.91. The Morgan fingerprint density at radius 1 is 1.03 bits per heavy atom. The molecular weight excluding hydrogens is 396 g/mol. The maximum absolute atomic E-state index is 12.2. The summed E-state index contributed by atoms with van der Waals surface area (Å²) in [6.45, 7) is 2.34. The van der Waals surface area contributed by atoms with Crippen molar-refractivity contribution < 1.29 is 9.59 Å². The van der Waals surface area contributed by atoms with Crippen molar-refractivity contribution in [2.75, 3.05) is 0 Å². The van der Waals surface area contributed by atoms with Crippen LogP contribution in [0.4, 0.5) is 0 Å². The van der Waals surface area contributed by atoms with Gasteiger partial charge in [-0.3, -0.25) is 14.5 Å². The van der Waals surface area contributed by atoms with Gasteiger partial charge in [0.2, 0.25) is 11.8 Å². The summed E-state index contributed by atoms with van der Waals surface area (Å²) >= 11 is 4.18. The van der Waals surface area contributed by atoms with Crippen LogP contribution >= 0.6 is 12.6 Å². The molecule has 3 aromatic rings. The number of hydrogen-bond donors (Lipinski definition) is 1. The van der Waals surface area contributed by atoms with E-state index in [4.69, 9.17) is 0 Å². The fourth-order valence-electron chi connectivity index (χ4n) is 3.86. The van der Waals surface area contributed by atoms with Gasteiger partial charge in [-0.05, 0) is 23.5 Å². The summed E-state index contributed by atoms with van der Waals surface area (Å²) in [4.78, 5) is 25.4. The molecule has 3 atom stereocenters. The summed E-state index contributed by atoms with van der Waals surface area (Å²) < 4.78 is 1.84. The Labute approximate surface area is 181 Å². The first-order valence-electron chi connectivity index (χ1n) is 10.1. The number of imide groups is 1. The van der Waals surface area contributed by atoms with Crippen molar-refractivity contribution in [3.05, 3.63) is 83.7 Å². The van der Waals surface area contributed by atoms with Crippen LogP contribution in [0.3, 0.4) is 0 Å². The van der Waals surface area contributed by atoms with Gasteiger partial charge >= 0.3 is 0 Å². The van der Waals surface area contributed by atoms with Crippen LogP contribution in [0.1, 0.15) is 48.5 Å². The zero-order chi connectivity index (χ0) is 21.1. The lowest BCUT2D eigenvalue weighted by Crippen LogP contribution is -2.30. The molecule has 6 nitrogen and oxygen atoms in total. The number of carbonyl (C=O) groups is 2. The van der Waals surface area contributed by atoms with Crippen LogP contribution in [0, 0.1) is 0 Å². The molecule has 1 aromatic heterocycles. The first-order chi connectivity index (χ1) is 14.5. The zero-order valence-electron chi connectivity index (χ0n) is 16.8. The summed E-state index contributed by atoms with van der Waals surface area (Å²) in [5.41, 5.74) is 3.00. The lowest BCUT2D eigenvalue weighted by Gasteiger charge is -2.22. The Kier molecular flexibility index (Phi) is 5.99. The molecule has 0 saturated carbocycles. The Morgan fingerprint density at radius 2 is 1.67 bits per heavy atom. The third-order valence-corrected chi connectivity index (χ3v) is 5.95. The Bertz CT molecular complexity index is 1020. The van der Waals surface area contributed by atoms with Crippen LogP contribution < -0.4 is 0 Å². The Hall–Kier alpha value is -2.93. The SMILES string of the molecule is CC(CC(c1ccccc1)n1cc(CN2C(=O)CC(S)C2=O)nn1)c1ccccc1. The third-order valence-electron chi connectivity index (χ3n) is 5.55. The molecule has 3 unspecified atom stereocenters. The quantitative estimate of drug-likeness (QED) is 0.468. The molecule has 1 aliphatic heterocycles. The maximum Gasteiger partial charge on any atom is 0.242 e. The van der Waals surface area contributed by atoms with E-state index >= 15 is 0 Å². The molecule has 1 saturated heterocycles. The summed E-state index contributed by atoms with van der Waals surface area (Å²) in [6, 6.07) is 20.6. The molecule has 1 aliphatic rings.